The maximum Gasteiger partial charge on any atom is 0.224 e. The van der Waals surface area contributed by atoms with Crippen LogP contribution in [0.1, 0.15) is 54.8 Å². The second-order valence-corrected chi connectivity index (χ2v) is 8.07. The lowest BCUT2D eigenvalue weighted by atomic mass is 9.88. The molecular formula is C24H31N5O2. The molecule has 164 valence electrons. The van der Waals surface area contributed by atoms with Crippen molar-refractivity contribution in [3.63, 3.8) is 0 Å². The van der Waals surface area contributed by atoms with E-state index in [1.165, 1.54) is 0 Å². The molecule has 1 amide bonds. The third kappa shape index (κ3) is 5.41. The molecule has 0 spiro atoms. The number of aliphatic imine (C=N–C) groups is 1. The molecule has 0 radical (unpaired) electrons. The number of fused-ring (bicyclic) bond motifs is 1. The summed E-state index contributed by atoms with van der Waals surface area (Å²) in [4.78, 5) is 21.7. The number of nitrogens with one attached hydrogen (secondary N) is 2. The highest BCUT2D eigenvalue weighted by molar-refractivity contribution is 5.91. The number of hydrogen-bond acceptors (Lipinski definition) is 6. The maximum absolute atomic E-state index is 12.5. The summed E-state index contributed by atoms with van der Waals surface area (Å²) in [7, 11) is 0. The van der Waals surface area contributed by atoms with Gasteiger partial charge in [-0.05, 0) is 49.2 Å². The molecule has 2 aliphatic rings. The SMILES string of the molecule is NCCCCCC(=O)Nc1cc2c(c(C(CC3=NCCN3)c3ccccn3)c1)OCC2. The van der Waals surface area contributed by atoms with Crippen LogP contribution in [-0.4, -0.2) is 43.0 Å². The fraction of sp³-hybridized carbons (Fsp3) is 0.458. The van der Waals surface area contributed by atoms with Crippen LogP contribution < -0.4 is 21.1 Å². The van der Waals surface area contributed by atoms with E-state index in [0.717, 1.165) is 79.3 Å². The molecule has 4 N–H and O–H groups in total. The molecule has 2 aromatic rings. The van der Waals surface area contributed by atoms with Gasteiger partial charge in [0.25, 0.3) is 0 Å². The number of pyridine rings is 1. The number of anilines is 1. The van der Waals surface area contributed by atoms with Crippen molar-refractivity contribution < 1.29 is 9.53 Å². The van der Waals surface area contributed by atoms with Crippen molar-refractivity contribution in [3.05, 3.63) is 53.3 Å². The number of aromatic nitrogens is 1. The van der Waals surface area contributed by atoms with E-state index < -0.39 is 0 Å². The number of ether oxygens (including phenoxy) is 1. The molecule has 1 atom stereocenters. The van der Waals surface area contributed by atoms with Gasteiger partial charge < -0.3 is 21.1 Å². The minimum Gasteiger partial charge on any atom is -0.493 e. The first kappa shape index (κ1) is 21.3. The van der Waals surface area contributed by atoms with Gasteiger partial charge in [-0.15, -0.1) is 0 Å². The summed E-state index contributed by atoms with van der Waals surface area (Å²) in [5.41, 5.74) is 9.54. The summed E-state index contributed by atoms with van der Waals surface area (Å²) in [6, 6.07) is 10.1. The molecule has 1 aromatic carbocycles. The van der Waals surface area contributed by atoms with Crippen LogP contribution in [0.2, 0.25) is 0 Å². The normalized spacial score (nSPS) is 15.6. The number of benzene rings is 1. The van der Waals surface area contributed by atoms with Gasteiger partial charge in [-0.3, -0.25) is 14.8 Å². The predicted octanol–water partition coefficient (Wildman–Crippen LogP) is 3.00. The fourth-order valence-electron chi connectivity index (χ4n) is 4.23. The lowest BCUT2D eigenvalue weighted by Crippen LogP contribution is -2.22. The highest BCUT2D eigenvalue weighted by Crippen LogP contribution is 2.41. The molecule has 31 heavy (non-hydrogen) atoms. The lowest BCUT2D eigenvalue weighted by Gasteiger charge is -2.21. The molecule has 0 saturated heterocycles. The highest BCUT2D eigenvalue weighted by atomic mass is 16.5. The number of rotatable bonds is 10. The molecule has 1 aromatic heterocycles. The van der Waals surface area contributed by atoms with Crippen molar-refractivity contribution in [1.82, 2.24) is 10.3 Å². The van der Waals surface area contributed by atoms with Gasteiger partial charge in [0, 0.05) is 54.9 Å². The lowest BCUT2D eigenvalue weighted by molar-refractivity contribution is -0.116. The van der Waals surface area contributed by atoms with Crippen LogP contribution >= 0.6 is 0 Å². The summed E-state index contributed by atoms with van der Waals surface area (Å²) < 4.78 is 6.04. The van der Waals surface area contributed by atoms with E-state index in [4.69, 9.17) is 10.5 Å². The van der Waals surface area contributed by atoms with E-state index in [2.05, 4.69) is 26.7 Å². The quantitative estimate of drug-likeness (QED) is 0.512. The van der Waals surface area contributed by atoms with E-state index >= 15 is 0 Å². The number of nitrogens with zero attached hydrogens (tertiary/aromatic N) is 2. The van der Waals surface area contributed by atoms with Gasteiger partial charge >= 0.3 is 0 Å². The van der Waals surface area contributed by atoms with E-state index in [-0.39, 0.29) is 11.8 Å². The molecule has 7 nitrogen and oxygen atoms in total. The summed E-state index contributed by atoms with van der Waals surface area (Å²) in [6.45, 7) is 3.01. The van der Waals surface area contributed by atoms with Gasteiger partial charge in [0.05, 0.1) is 19.0 Å². The zero-order chi connectivity index (χ0) is 21.5. The molecule has 7 heteroatoms. The summed E-state index contributed by atoms with van der Waals surface area (Å²) in [5, 5.41) is 6.47. The van der Waals surface area contributed by atoms with Gasteiger partial charge in [0.15, 0.2) is 0 Å². The minimum atomic E-state index is -0.00111. The Hall–Kier alpha value is -2.93. The summed E-state index contributed by atoms with van der Waals surface area (Å²) in [5.74, 6) is 1.96. The van der Waals surface area contributed by atoms with Gasteiger partial charge in [0.1, 0.15) is 5.75 Å². The van der Waals surface area contributed by atoms with Crippen molar-refractivity contribution in [1.29, 1.82) is 0 Å². The Bertz CT molecular complexity index is 929. The Morgan fingerprint density at radius 1 is 1.26 bits per heavy atom. The van der Waals surface area contributed by atoms with Crippen LogP contribution in [0.3, 0.4) is 0 Å². The molecule has 0 bridgehead atoms. The Labute approximate surface area is 183 Å². The summed E-state index contributed by atoms with van der Waals surface area (Å²) >= 11 is 0. The zero-order valence-electron chi connectivity index (χ0n) is 17.9. The number of hydrogen-bond donors (Lipinski definition) is 3. The van der Waals surface area contributed by atoms with Crippen molar-refractivity contribution in [2.45, 2.75) is 44.4 Å². The first-order valence-electron chi connectivity index (χ1n) is 11.2. The van der Waals surface area contributed by atoms with E-state index in [1.54, 1.807) is 0 Å². The van der Waals surface area contributed by atoms with Gasteiger partial charge in [0.2, 0.25) is 5.91 Å². The summed E-state index contributed by atoms with van der Waals surface area (Å²) in [6.07, 6.45) is 6.68. The molecule has 3 heterocycles. The fourth-order valence-corrected chi connectivity index (χ4v) is 4.23. The van der Waals surface area contributed by atoms with Crippen molar-refractivity contribution in [2.24, 2.45) is 10.7 Å². The Morgan fingerprint density at radius 3 is 2.97 bits per heavy atom. The minimum absolute atomic E-state index is 0.00111. The molecular weight excluding hydrogens is 390 g/mol. The largest absolute Gasteiger partial charge is 0.493 e. The molecule has 0 aliphatic carbocycles. The van der Waals surface area contributed by atoms with Crippen LogP contribution in [0.4, 0.5) is 5.69 Å². The second-order valence-electron chi connectivity index (χ2n) is 8.07. The average molecular weight is 422 g/mol. The number of nitrogens with two attached hydrogens (primary N) is 1. The molecule has 2 aliphatic heterocycles. The van der Waals surface area contributed by atoms with Crippen LogP contribution in [0.25, 0.3) is 0 Å². The van der Waals surface area contributed by atoms with Crippen molar-refractivity contribution >= 4 is 17.4 Å². The van der Waals surface area contributed by atoms with Gasteiger partial charge in [-0.1, -0.05) is 12.5 Å². The smallest absolute Gasteiger partial charge is 0.224 e. The van der Waals surface area contributed by atoms with Crippen LogP contribution in [-0.2, 0) is 11.2 Å². The zero-order valence-corrected chi connectivity index (χ0v) is 17.9. The standard InChI is InChI=1S/C24H31N5O2/c25-9-4-1-2-7-23(30)29-18-14-17-8-13-31-24(17)20(15-18)19(16-22-27-11-12-28-22)21-6-3-5-10-26-21/h3,5-6,10,14-15,19H,1-2,4,7-9,11-13,16,25H2,(H,27,28)(H,29,30). The topological polar surface area (TPSA) is 102 Å². The van der Waals surface area contributed by atoms with Crippen LogP contribution in [0.5, 0.6) is 5.75 Å². The number of carbonyl (C=O) groups excluding carboxylic acids is 1. The van der Waals surface area contributed by atoms with Gasteiger partial charge in [-0.2, -0.15) is 0 Å². The van der Waals surface area contributed by atoms with Gasteiger partial charge in [-0.25, -0.2) is 0 Å². The first-order valence-corrected chi connectivity index (χ1v) is 11.2. The van der Waals surface area contributed by atoms with Crippen molar-refractivity contribution in [2.75, 3.05) is 31.6 Å². The molecule has 1 unspecified atom stereocenters. The van der Waals surface area contributed by atoms with E-state index in [1.807, 2.05) is 30.5 Å². The predicted molar refractivity (Wildman–Crippen MR) is 123 cm³/mol. The Morgan fingerprint density at radius 2 is 2.19 bits per heavy atom. The number of amidine groups is 1. The van der Waals surface area contributed by atoms with Crippen LogP contribution in [0, 0.1) is 0 Å². The Kier molecular flexibility index (Phi) is 7.14. The third-order valence-electron chi connectivity index (χ3n) is 5.77. The molecule has 0 saturated carbocycles. The number of carbonyl (C=O) groups is 1. The number of unbranched alkanes of at least 4 members (excludes halogenated alkanes) is 2. The van der Waals surface area contributed by atoms with E-state index in [9.17, 15) is 4.79 Å². The highest BCUT2D eigenvalue weighted by Gasteiger charge is 2.27. The van der Waals surface area contributed by atoms with Crippen LogP contribution in [0.15, 0.2) is 41.5 Å². The number of amides is 1. The van der Waals surface area contributed by atoms with Crippen molar-refractivity contribution in [3.8, 4) is 5.75 Å². The average Bonchev–Trinajstić information content (AvgIpc) is 3.47. The van der Waals surface area contributed by atoms with E-state index in [0.29, 0.717) is 19.6 Å². The first-order chi connectivity index (χ1) is 15.2. The maximum atomic E-state index is 12.5. The second kappa shape index (κ2) is 10.4. The third-order valence-corrected chi connectivity index (χ3v) is 5.77. The monoisotopic (exact) mass is 421 g/mol. The molecule has 4 rings (SSSR count). The molecule has 0 fully saturated rings. The Balaban J connectivity index is 1.61.